The molecular formula is C14H23N. The predicted octanol–water partition coefficient (Wildman–Crippen LogP) is 4.08. The van der Waals surface area contributed by atoms with Crippen LogP contribution in [0.2, 0.25) is 0 Å². The smallest absolute Gasteiger partial charge is 0.0407 e. The van der Waals surface area contributed by atoms with Gasteiger partial charge in [-0.2, -0.15) is 0 Å². The molecule has 1 aromatic heterocycles. The second-order valence-electron chi connectivity index (χ2n) is 4.24. The fourth-order valence-electron chi connectivity index (χ4n) is 1.95. The highest BCUT2D eigenvalue weighted by molar-refractivity contribution is 5.29. The van der Waals surface area contributed by atoms with E-state index in [1.807, 2.05) is 6.20 Å². The Morgan fingerprint density at radius 3 is 2.40 bits per heavy atom. The molecule has 84 valence electrons. The maximum absolute atomic E-state index is 4.40. The maximum atomic E-state index is 4.40. The molecule has 0 saturated heterocycles. The summed E-state index contributed by atoms with van der Waals surface area (Å²) in [6.07, 6.45) is 9.49. The highest BCUT2D eigenvalue weighted by atomic mass is 14.7. The number of aryl methyl sites for hydroxylation is 2. The number of unbranched alkanes of at least 4 members (excludes halogenated alkanes) is 2. The molecule has 0 radical (unpaired) electrons. The summed E-state index contributed by atoms with van der Waals surface area (Å²) in [5, 5.41) is 0. The van der Waals surface area contributed by atoms with Crippen molar-refractivity contribution >= 4 is 0 Å². The van der Waals surface area contributed by atoms with Crippen LogP contribution in [0.4, 0.5) is 0 Å². The summed E-state index contributed by atoms with van der Waals surface area (Å²) in [5.41, 5.74) is 4.27. The summed E-state index contributed by atoms with van der Waals surface area (Å²) >= 11 is 0. The average Bonchev–Trinajstić information content (AvgIpc) is 2.25. The first kappa shape index (κ1) is 12.2. The number of hydrogen-bond donors (Lipinski definition) is 0. The van der Waals surface area contributed by atoms with Crippen LogP contribution in [-0.4, -0.2) is 4.98 Å². The molecule has 1 aromatic rings. The molecule has 1 heteroatoms. The SMILES string of the molecule is CCCCc1ccnc(C)c1CCCC. The second-order valence-corrected chi connectivity index (χ2v) is 4.24. The molecule has 0 unspecified atom stereocenters. The van der Waals surface area contributed by atoms with Crippen molar-refractivity contribution in [3.63, 3.8) is 0 Å². The topological polar surface area (TPSA) is 12.9 Å². The van der Waals surface area contributed by atoms with E-state index in [2.05, 4.69) is 31.8 Å². The van der Waals surface area contributed by atoms with Gasteiger partial charge in [-0.05, 0) is 49.8 Å². The van der Waals surface area contributed by atoms with Crippen LogP contribution in [0.25, 0.3) is 0 Å². The first-order valence-corrected chi connectivity index (χ1v) is 6.23. The summed E-state index contributed by atoms with van der Waals surface area (Å²) in [5.74, 6) is 0. The zero-order chi connectivity index (χ0) is 11.1. The lowest BCUT2D eigenvalue weighted by molar-refractivity contribution is 0.749. The van der Waals surface area contributed by atoms with E-state index < -0.39 is 0 Å². The van der Waals surface area contributed by atoms with Gasteiger partial charge >= 0.3 is 0 Å². The van der Waals surface area contributed by atoms with Gasteiger partial charge in [0.25, 0.3) is 0 Å². The number of rotatable bonds is 6. The Morgan fingerprint density at radius 2 is 1.73 bits per heavy atom. The summed E-state index contributed by atoms with van der Waals surface area (Å²) in [6, 6.07) is 2.20. The van der Waals surface area contributed by atoms with Crippen molar-refractivity contribution < 1.29 is 0 Å². The van der Waals surface area contributed by atoms with Gasteiger partial charge in [-0.25, -0.2) is 0 Å². The highest BCUT2D eigenvalue weighted by Gasteiger charge is 2.05. The molecule has 15 heavy (non-hydrogen) atoms. The zero-order valence-corrected chi connectivity index (χ0v) is 10.3. The van der Waals surface area contributed by atoms with Crippen molar-refractivity contribution in [1.82, 2.24) is 4.98 Å². The summed E-state index contributed by atoms with van der Waals surface area (Å²) in [6.45, 7) is 6.64. The van der Waals surface area contributed by atoms with Gasteiger partial charge in [-0.1, -0.05) is 26.7 Å². The van der Waals surface area contributed by atoms with Crippen LogP contribution >= 0.6 is 0 Å². The van der Waals surface area contributed by atoms with Gasteiger partial charge in [0, 0.05) is 11.9 Å². The molecule has 0 fully saturated rings. The van der Waals surface area contributed by atoms with Crippen LogP contribution < -0.4 is 0 Å². The molecule has 0 saturated carbocycles. The third-order valence-electron chi connectivity index (χ3n) is 2.95. The molecule has 0 aliphatic heterocycles. The molecule has 0 N–H and O–H groups in total. The van der Waals surface area contributed by atoms with E-state index >= 15 is 0 Å². The monoisotopic (exact) mass is 205 g/mol. The number of pyridine rings is 1. The molecule has 0 bridgehead atoms. The first-order valence-electron chi connectivity index (χ1n) is 6.23. The standard InChI is InChI=1S/C14H23N/c1-4-6-8-13-10-11-15-12(3)14(13)9-7-5-2/h10-11H,4-9H2,1-3H3. The van der Waals surface area contributed by atoms with Crippen molar-refractivity contribution in [3.8, 4) is 0 Å². The molecule has 0 spiro atoms. The number of hydrogen-bond acceptors (Lipinski definition) is 1. The lowest BCUT2D eigenvalue weighted by atomic mass is 9.97. The van der Waals surface area contributed by atoms with Crippen LogP contribution in [0.1, 0.15) is 56.4 Å². The zero-order valence-electron chi connectivity index (χ0n) is 10.3. The average molecular weight is 205 g/mol. The van der Waals surface area contributed by atoms with Gasteiger partial charge in [-0.3, -0.25) is 4.98 Å². The molecule has 0 aliphatic carbocycles. The molecule has 1 heterocycles. The number of aromatic nitrogens is 1. The van der Waals surface area contributed by atoms with Crippen molar-refractivity contribution in [3.05, 3.63) is 29.1 Å². The first-order chi connectivity index (χ1) is 7.29. The predicted molar refractivity (Wildman–Crippen MR) is 66.2 cm³/mol. The third kappa shape index (κ3) is 3.65. The van der Waals surface area contributed by atoms with Crippen LogP contribution in [0.15, 0.2) is 12.3 Å². The van der Waals surface area contributed by atoms with E-state index in [1.54, 1.807) is 0 Å². The van der Waals surface area contributed by atoms with Crippen molar-refractivity contribution in [2.45, 2.75) is 59.3 Å². The van der Waals surface area contributed by atoms with Gasteiger partial charge < -0.3 is 0 Å². The quantitative estimate of drug-likeness (QED) is 0.682. The minimum Gasteiger partial charge on any atom is -0.261 e. The van der Waals surface area contributed by atoms with Crippen molar-refractivity contribution in [2.24, 2.45) is 0 Å². The van der Waals surface area contributed by atoms with E-state index in [9.17, 15) is 0 Å². The van der Waals surface area contributed by atoms with E-state index in [4.69, 9.17) is 0 Å². The minimum absolute atomic E-state index is 1.20. The van der Waals surface area contributed by atoms with Gasteiger partial charge in [0.15, 0.2) is 0 Å². The van der Waals surface area contributed by atoms with E-state index in [0.29, 0.717) is 0 Å². The molecule has 0 aromatic carbocycles. The van der Waals surface area contributed by atoms with Gasteiger partial charge in [0.2, 0.25) is 0 Å². The summed E-state index contributed by atoms with van der Waals surface area (Å²) < 4.78 is 0. The molecule has 1 nitrogen and oxygen atoms in total. The van der Waals surface area contributed by atoms with Gasteiger partial charge in [0.1, 0.15) is 0 Å². The lowest BCUT2D eigenvalue weighted by Crippen LogP contribution is -2.00. The van der Waals surface area contributed by atoms with Gasteiger partial charge in [-0.15, -0.1) is 0 Å². The lowest BCUT2D eigenvalue weighted by Gasteiger charge is -2.11. The van der Waals surface area contributed by atoms with Crippen LogP contribution in [-0.2, 0) is 12.8 Å². The largest absolute Gasteiger partial charge is 0.261 e. The van der Waals surface area contributed by atoms with E-state index in [-0.39, 0.29) is 0 Å². The molecule has 0 atom stereocenters. The highest BCUT2D eigenvalue weighted by Crippen LogP contribution is 2.17. The molecule has 0 aliphatic rings. The molecule has 0 amide bonds. The Balaban J connectivity index is 2.77. The van der Waals surface area contributed by atoms with Crippen LogP contribution in [0.3, 0.4) is 0 Å². The second kappa shape index (κ2) is 6.60. The fourth-order valence-corrected chi connectivity index (χ4v) is 1.95. The Labute approximate surface area is 93.9 Å². The molecular weight excluding hydrogens is 182 g/mol. The Morgan fingerprint density at radius 1 is 1.07 bits per heavy atom. The molecule has 1 rings (SSSR count). The van der Waals surface area contributed by atoms with E-state index in [1.165, 1.54) is 55.3 Å². The van der Waals surface area contributed by atoms with Crippen molar-refractivity contribution in [2.75, 3.05) is 0 Å². The Kier molecular flexibility index (Phi) is 5.38. The van der Waals surface area contributed by atoms with Crippen LogP contribution in [0, 0.1) is 6.92 Å². The fraction of sp³-hybridized carbons (Fsp3) is 0.643. The summed E-state index contributed by atoms with van der Waals surface area (Å²) in [7, 11) is 0. The minimum atomic E-state index is 1.20. The Bertz CT molecular complexity index is 291. The maximum Gasteiger partial charge on any atom is 0.0407 e. The number of nitrogens with zero attached hydrogens (tertiary/aromatic N) is 1. The van der Waals surface area contributed by atoms with Crippen molar-refractivity contribution in [1.29, 1.82) is 0 Å². The normalized spacial score (nSPS) is 10.6. The van der Waals surface area contributed by atoms with Gasteiger partial charge in [0.05, 0.1) is 0 Å². The van der Waals surface area contributed by atoms with E-state index in [0.717, 1.165) is 0 Å². The third-order valence-corrected chi connectivity index (χ3v) is 2.95. The summed E-state index contributed by atoms with van der Waals surface area (Å²) in [4.78, 5) is 4.40. The van der Waals surface area contributed by atoms with Crippen LogP contribution in [0.5, 0.6) is 0 Å². The Hall–Kier alpha value is -0.850.